The van der Waals surface area contributed by atoms with E-state index >= 15 is 0 Å². The van der Waals surface area contributed by atoms with Gasteiger partial charge >= 0.3 is 0 Å². The van der Waals surface area contributed by atoms with Gasteiger partial charge in [0.25, 0.3) is 11.8 Å². The van der Waals surface area contributed by atoms with Gasteiger partial charge in [-0.25, -0.2) is 0 Å². The van der Waals surface area contributed by atoms with E-state index in [0.29, 0.717) is 35.7 Å². The number of rotatable bonds is 9. The molecule has 2 rings (SSSR count). The van der Waals surface area contributed by atoms with E-state index in [-0.39, 0.29) is 17.5 Å². The molecule has 0 fully saturated rings. The fourth-order valence-corrected chi connectivity index (χ4v) is 2.54. The van der Waals surface area contributed by atoms with Crippen molar-refractivity contribution in [2.24, 2.45) is 0 Å². The number of likely N-dealkylation sites (N-methyl/N-ethyl adjacent to an activating group) is 1. The molecule has 0 atom stereocenters. The van der Waals surface area contributed by atoms with Crippen LogP contribution in [0.1, 0.15) is 15.9 Å². The molecule has 2 aromatic carbocycles. The molecule has 29 heavy (non-hydrogen) atoms. The minimum atomic E-state index is -0.370. The third-order valence-corrected chi connectivity index (χ3v) is 4.09. The number of carbonyl (C=O) groups excluding carboxylic acids is 2. The van der Waals surface area contributed by atoms with Crippen molar-refractivity contribution in [2.75, 3.05) is 41.4 Å². The average Bonchev–Trinajstić information content (AvgIpc) is 2.73. The summed E-state index contributed by atoms with van der Waals surface area (Å²) in [5.74, 6) is 0.379. The van der Waals surface area contributed by atoms with Gasteiger partial charge in [-0.2, -0.15) is 0 Å². The van der Waals surface area contributed by atoms with Crippen LogP contribution in [0, 0.1) is 0 Å². The van der Waals surface area contributed by atoms with E-state index in [1.807, 2.05) is 25.1 Å². The summed E-state index contributed by atoms with van der Waals surface area (Å²) >= 11 is 0. The maximum Gasteiger partial charge on any atom is 0.267 e. The zero-order chi connectivity index (χ0) is 21.2. The Morgan fingerprint density at radius 3 is 2.31 bits per heavy atom. The monoisotopic (exact) mass is 397 g/mol. The molecule has 0 aliphatic carbocycles. The molecule has 0 aromatic heterocycles. The number of hydrogen-bond acceptors (Lipinski definition) is 5. The molecule has 0 aliphatic heterocycles. The zero-order valence-electron chi connectivity index (χ0n) is 17.2. The minimum Gasteiger partial charge on any atom is -0.493 e. The molecule has 0 saturated heterocycles. The number of hydrogen-bond donors (Lipinski definition) is 2. The molecule has 0 spiro atoms. The van der Waals surface area contributed by atoms with E-state index < -0.39 is 0 Å². The van der Waals surface area contributed by atoms with Crippen molar-refractivity contribution in [1.29, 1.82) is 0 Å². The van der Waals surface area contributed by atoms with Crippen molar-refractivity contribution < 1.29 is 19.1 Å². The molecular formula is C22H27N3O4. The molecule has 0 bridgehead atoms. The van der Waals surface area contributed by atoms with Gasteiger partial charge in [0.15, 0.2) is 11.5 Å². The van der Waals surface area contributed by atoms with Crippen molar-refractivity contribution in [3.05, 3.63) is 65.4 Å². The van der Waals surface area contributed by atoms with Crippen molar-refractivity contribution in [2.45, 2.75) is 0 Å². The van der Waals surface area contributed by atoms with E-state index in [1.165, 1.54) is 7.11 Å². The van der Waals surface area contributed by atoms with Crippen LogP contribution in [-0.4, -0.2) is 58.1 Å². The molecule has 7 heteroatoms. The normalized spacial score (nSPS) is 11.1. The highest BCUT2D eigenvalue weighted by atomic mass is 16.5. The van der Waals surface area contributed by atoms with E-state index in [9.17, 15) is 9.59 Å². The van der Waals surface area contributed by atoms with Crippen LogP contribution in [0.15, 0.2) is 54.2 Å². The predicted molar refractivity (Wildman–Crippen MR) is 113 cm³/mol. The number of benzene rings is 2. The topological polar surface area (TPSA) is 79.9 Å². The highest BCUT2D eigenvalue weighted by Gasteiger charge is 2.15. The Hall–Kier alpha value is -3.32. The van der Waals surface area contributed by atoms with Gasteiger partial charge in [-0.3, -0.25) is 9.59 Å². The molecule has 154 valence electrons. The summed E-state index contributed by atoms with van der Waals surface area (Å²) in [6.07, 6.45) is 1.60. The number of methoxy groups -OCH3 is 2. The average molecular weight is 397 g/mol. The lowest BCUT2D eigenvalue weighted by atomic mass is 10.1. The van der Waals surface area contributed by atoms with Crippen LogP contribution in [0.5, 0.6) is 11.5 Å². The summed E-state index contributed by atoms with van der Waals surface area (Å²) in [6, 6.07) is 14.0. The Labute approximate surface area is 171 Å². The molecule has 2 amide bonds. The third-order valence-electron chi connectivity index (χ3n) is 4.09. The molecule has 0 radical (unpaired) electrons. The van der Waals surface area contributed by atoms with Crippen molar-refractivity contribution >= 4 is 17.9 Å². The molecule has 0 unspecified atom stereocenters. The number of nitrogens with zero attached hydrogens (tertiary/aromatic N) is 1. The molecule has 0 heterocycles. The van der Waals surface area contributed by atoms with Gasteiger partial charge in [-0.1, -0.05) is 24.3 Å². The third kappa shape index (κ3) is 6.65. The second kappa shape index (κ2) is 10.9. The fourth-order valence-electron chi connectivity index (χ4n) is 2.54. The number of amides is 2. The van der Waals surface area contributed by atoms with Crippen LogP contribution >= 0.6 is 0 Å². The summed E-state index contributed by atoms with van der Waals surface area (Å²) < 4.78 is 10.6. The lowest BCUT2D eigenvalue weighted by molar-refractivity contribution is -0.117. The summed E-state index contributed by atoms with van der Waals surface area (Å²) in [5.41, 5.74) is 1.30. The van der Waals surface area contributed by atoms with Gasteiger partial charge in [0, 0.05) is 18.7 Å². The summed E-state index contributed by atoms with van der Waals surface area (Å²) in [6.45, 7) is 1.14. The minimum absolute atomic E-state index is 0.143. The van der Waals surface area contributed by atoms with Crippen molar-refractivity contribution in [1.82, 2.24) is 15.5 Å². The van der Waals surface area contributed by atoms with Gasteiger partial charge in [0.2, 0.25) is 0 Å². The first-order valence-electron chi connectivity index (χ1n) is 9.17. The zero-order valence-corrected chi connectivity index (χ0v) is 17.2. The first-order valence-corrected chi connectivity index (χ1v) is 9.17. The molecule has 2 aromatic rings. The Bertz CT molecular complexity index is 864. The van der Waals surface area contributed by atoms with Crippen LogP contribution < -0.4 is 20.1 Å². The summed E-state index contributed by atoms with van der Waals surface area (Å²) in [4.78, 5) is 27.2. The molecule has 0 saturated carbocycles. The summed E-state index contributed by atoms with van der Waals surface area (Å²) in [5, 5.41) is 5.53. The maximum atomic E-state index is 12.7. The van der Waals surface area contributed by atoms with Crippen LogP contribution in [0.3, 0.4) is 0 Å². The standard InChI is InChI=1S/C22H27N3O4/c1-25(2)13-12-23-22(27)18(24-21(26)17-8-6-5-7-9-17)14-16-10-11-19(28-3)20(15-16)29-4/h5-11,14-15H,12-13H2,1-4H3,(H,23,27)(H,24,26)/b18-14-. The second-order valence-electron chi connectivity index (χ2n) is 6.55. The van der Waals surface area contributed by atoms with Gasteiger partial charge in [-0.05, 0) is 50.0 Å². The largest absolute Gasteiger partial charge is 0.493 e. The van der Waals surface area contributed by atoms with Crippen LogP contribution in [0.25, 0.3) is 6.08 Å². The fraction of sp³-hybridized carbons (Fsp3) is 0.273. The summed E-state index contributed by atoms with van der Waals surface area (Å²) in [7, 11) is 6.93. The SMILES string of the molecule is COc1ccc(/C=C(\NC(=O)c2ccccc2)C(=O)NCCN(C)C)cc1OC. The number of ether oxygens (including phenoxy) is 2. The number of carbonyl (C=O) groups is 2. The lowest BCUT2D eigenvalue weighted by Crippen LogP contribution is -2.37. The van der Waals surface area contributed by atoms with E-state index in [4.69, 9.17) is 9.47 Å². The second-order valence-corrected chi connectivity index (χ2v) is 6.55. The first kappa shape index (κ1) is 22.0. The smallest absolute Gasteiger partial charge is 0.267 e. The Balaban J connectivity index is 2.29. The first-order chi connectivity index (χ1) is 13.9. The predicted octanol–water partition coefficient (Wildman–Crippen LogP) is 2.15. The quantitative estimate of drug-likeness (QED) is 0.634. The van der Waals surface area contributed by atoms with Crippen LogP contribution in [-0.2, 0) is 4.79 Å². The van der Waals surface area contributed by atoms with Crippen molar-refractivity contribution in [3.8, 4) is 11.5 Å². The van der Waals surface area contributed by atoms with E-state index in [2.05, 4.69) is 10.6 Å². The van der Waals surface area contributed by atoms with E-state index in [0.717, 1.165) is 0 Å². The Morgan fingerprint density at radius 2 is 1.69 bits per heavy atom. The van der Waals surface area contributed by atoms with E-state index in [1.54, 1.807) is 55.7 Å². The molecule has 7 nitrogen and oxygen atoms in total. The van der Waals surface area contributed by atoms with Gasteiger partial charge in [0.05, 0.1) is 14.2 Å². The van der Waals surface area contributed by atoms with Gasteiger partial charge in [0.1, 0.15) is 5.70 Å². The number of nitrogens with one attached hydrogen (secondary N) is 2. The van der Waals surface area contributed by atoms with Gasteiger partial charge < -0.3 is 25.0 Å². The molecular weight excluding hydrogens is 370 g/mol. The highest BCUT2D eigenvalue weighted by molar-refractivity contribution is 6.05. The Morgan fingerprint density at radius 1 is 1.00 bits per heavy atom. The lowest BCUT2D eigenvalue weighted by Gasteiger charge is -2.14. The van der Waals surface area contributed by atoms with Crippen LogP contribution in [0.4, 0.5) is 0 Å². The van der Waals surface area contributed by atoms with Crippen molar-refractivity contribution in [3.63, 3.8) is 0 Å². The molecule has 2 N–H and O–H groups in total. The Kier molecular flexibility index (Phi) is 8.24. The molecule has 0 aliphatic rings. The van der Waals surface area contributed by atoms with Crippen LogP contribution in [0.2, 0.25) is 0 Å². The maximum absolute atomic E-state index is 12.7. The van der Waals surface area contributed by atoms with Gasteiger partial charge in [-0.15, -0.1) is 0 Å². The highest BCUT2D eigenvalue weighted by Crippen LogP contribution is 2.28.